The fourth-order valence-electron chi connectivity index (χ4n) is 2.03. The van der Waals surface area contributed by atoms with Crippen LogP contribution in [0.3, 0.4) is 0 Å². The molecule has 1 fully saturated rings. The summed E-state index contributed by atoms with van der Waals surface area (Å²) in [7, 11) is 3.48. The van der Waals surface area contributed by atoms with Crippen molar-refractivity contribution in [3.63, 3.8) is 0 Å². The van der Waals surface area contributed by atoms with E-state index in [0.717, 1.165) is 57.4 Å². The van der Waals surface area contributed by atoms with Crippen LogP contribution in [-0.4, -0.2) is 99.7 Å². The third kappa shape index (κ3) is 12.5. The summed E-state index contributed by atoms with van der Waals surface area (Å²) in [6.07, 6.45) is 1.90. The lowest BCUT2D eigenvalue weighted by molar-refractivity contribution is -0.127. The highest BCUT2D eigenvalue weighted by Crippen LogP contribution is 1.97. The predicted octanol–water partition coefficient (Wildman–Crippen LogP) is 0.479. The number of nitrogens with one attached hydrogen (secondary N) is 2. The maximum Gasteiger partial charge on any atom is 0.243 e. The molecule has 0 saturated carbocycles. The average molecular weight is 485 g/mol. The number of hydrogen-bond donors (Lipinski definition) is 2. The molecule has 1 saturated heterocycles. The zero-order valence-electron chi connectivity index (χ0n) is 15.3. The summed E-state index contributed by atoms with van der Waals surface area (Å²) >= 11 is 1.81. The molecule has 2 N–H and O–H groups in total. The number of hydrogen-bond acceptors (Lipinski definition) is 5. The fraction of sp³-hybridized carbons (Fsp3) is 0.750. The average Bonchev–Trinajstić information content (AvgIpc) is 2.59. The quantitative estimate of drug-likeness (QED) is 0.154. The van der Waals surface area contributed by atoms with E-state index < -0.39 is 0 Å². The van der Waals surface area contributed by atoms with Crippen molar-refractivity contribution in [3.05, 3.63) is 12.7 Å². The van der Waals surface area contributed by atoms with Gasteiger partial charge in [-0.3, -0.25) is 9.69 Å². The van der Waals surface area contributed by atoms with E-state index >= 15 is 0 Å². The SMILES string of the molecule is C=CCSCCNC(=NCC(=O)N(C)C)NCCN1CCOCC1.I. The molecule has 146 valence electrons. The summed E-state index contributed by atoms with van der Waals surface area (Å²) in [5.74, 6) is 2.60. The summed E-state index contributed by atoms with van der Waals surface area (Å²) in [4.78, 5) is 20.0. The first kappa shape index (κ1) is 24.5. The molecule has 0 aromatic carbocycles. The van der Waals surface area contributed by atoms with Gasteiger partial charge in [0, 0.05) is 58.3 Å². The molecular weight excluding hydrogens is 453 g/mol. The number of nitrogens with zero attached hydrogens (tertiary/aromatic N) is 3. The third-order valence-electron chi connectivity index (χ3n) is 3.47. The maximum atomic E-state index is 11.7. The Labute approximate surface area is 173 Å². The van der Waals surface area contributed by atoms with Gasteiger partial charge in [-0.25, -0.2) is 4.99 Å². The number of likely N-dealkylation sites (N-methyl/N-ethyl adjacent to an activating group) is 1. The second kappa shape index (κ2) is 15.7. The van der Waals surface area contributed by atoms with Crippen LogP contribution >= 0.6 is 35.7 Å². The molecule has 1 amide bonds. The van der Waals surface area contributed by atoms with Crippen molar-refractivity contribution in [2.75, 3.05) is 78.1 Å². The van der Waals surface area contributed by atoms with Crippen molar-refractivity contribution in [3.8, 4) is 0 Å². The zero-order valence-corrected chi connectivity index (χ0v) is 18.5. The molecule has 0 aliphatic carbocycles. The standard InChI is InChI=1S/C16H31N5O2S.HI/c1-4-12-24-13-6-18-16(19-14-15(22)20(2)3)17-5-7-21-8-10-23-11-9-21;/h4H,1,5-14H2,2-3H3,(H2,17,18,19);1H. The van der Waals surface area contributed by atoms with Gasteiger partial charge in [0.25, 0.3) is 0 Å². The van der Waals surface area contributed by atoms with E-state index in [-0.39, 0.29) is 36.4 Å². The van der Waals surface area contributed by atoms with E-state index in [1.54, 1.807) is 19.0 Å². The van der Waals surface area contributed by atoms with E-state index in [9.17, 15) is 4.79 Å². The molecular formula is C16H32IN5O2S. The Hall–Kier alpha value is -0.520. The summed E-state index contributed by atoms with van der Waals surface area (Å²) in [6, 6.07) is 0. The van der Waals surface area contributed by atoms with Gasteiger partial charge in [-0.2, -0.15) is 11.8 Å². The minimum absolute atomic E-state index is 0. The molecule has 7 nitrogen and oxygen atoms in total. The van der Waals surface area contributed by atoms with Gasteiger partial charge in [0.15, 0.2) is 5.96 Å². The fourth-order valence-corrected chi connectivity index (χ4v) is 2.61. The second-order valence-electron chi connectivity index (χ2n) is 5.62. The number of aliphatic imine (C=N–C) groups is 1. The van der Waals surface area contributed by atoms with Crippen molar-refractivity contribution in [2.24, 2.45) is 4.99 Å². The van der Waals surface area contributed by atoms with Gasteiger partial charge in [-0.1, -0.05) is 6.08 Å². The molecule has 1 heterocycles. The second-order valence-corrected chi connectivity index (χ2v) is 6.77. The van der Waals surface area contributed by atoms with Crippen LogP contribution in [-0.2, 0) is 9.53 Å². The highest BCUT2D eigenvalue weighted by atomic mass is 127. The summed E-state index contributed by atoms with van der Waals surface area (Å²) in [6.45, 7) is 9.95. The maximum absolute atomic E-state index is 11.7. The lowest BCUT2D eigenvalue weighted by Gasteiger charge is -2.26. The van der Waals surface area contributed by atoms with Crippen LogP contribution in [0.15, 0.2) is 17.6 Å². The zero-order chi connectivity index (χ0) is 17.6. The largest absolute Gasteiger partial charge is 0.379 e. The van der Waals surface area contributed by atoms with Crippen LogP contribution in [0.4, 0.5) is 0 Å². The van der Waals surface area contributed by atoms with Crippen LogP contribution in [0.1, 0.15) is 0 Å². The Bertz CT molecular complexity index is 404. The topological polar surface area (TPSA) is 69.2 Å². The molecule has 0 aromatic heterocycles. The lowest BCUT2D eigenvalue weighted by Crippen LogP contribution is -2.45. The Balaban J connectivity index is 0.00000576. The van der Waals surface area contributed by atoms with Gasteiger partial charge in [0.05, 0.1) is 13.2 Å². The van der Waals surface area contributed by atoms with Crippen molar-refractivity contribution in [1.29, 1.82) is 0 Å². The molecule has 0 atom stereocenters. The van der Waals surface area contributed by atoms with Crippen LogP contribution < -0.4 is 10.6 Å². The first-order valence-corrected chi connectivity index (χ1v) is 9.50. The molecule has 0 spiro atoms. The highest BCUT2D eigenvalue weighted by Gasteiger charge is 2.10. The molecule has 0 bridgehead atoms. The predicted molar refractivity (Wildman–Crippen MR) is 117 cm³/mol. The molecule has 9 heteroatoms. The summed E-state index contributed by atoms with van der Waals surface area (Å²) in [5.41, 5.74) is 0. The van der Waals surface area contributed by atoms with Gasteiger partial charge < -0.3 is 20.3 Å². The highest BCUT2D eigenvalue weighted by molar-refractivity contribution is 14.0. The van der Waals surface area contributed by atoms with Crippen molar-refractivity contribution in [2.45, 2.75) is 0 Å². The monoisotopic (exact) mass is 485 g/mol. The van der Waals surface area contributed by atoms with E-state index in [1.807, 2.05) is 17.8 Å². The Morgan fingerprint density at radius 2 is 2.00 bits per heavy atom. The number of thioether (sulfide) groups is 1. The Kier molecular flexibility index (Phi) is 15.4. The number of amides is 1. The summed E-state index contributed by atoms with van der Waals surface area (Å²) < 4.78 is 5.35. The number of halogens is 1. The van der Waals surface area contributed by atoms with Crippen molar-refractivity contribution >= 4 is 47.6 Å². The molecule has 25 heavy (non-hydrogen) atoms. The first-order valence-electron chi connectivity index (χ1n) is 8.34. The van der Waals surface area contributed by atoms with Crippen LogP contribution in [0, 0.1) is 0 Å². The van der Waals surface area contributed by atoms with E-state index in [2.05, 4.69) is 27.1 Å². The molecule has 0 unspecified atom stereocenters. The lowest BCUT2D eigenvalue weighted by atomic mass is 10.4. The number of carbonyl (C=O) groups excluding carboxylic acids is 1. The van der Waals surface area contributed by atoms with Gasteiger partial charge >= 0.3 is 0 Å². The van der Waals surface area contributed by atoms with E-state index in [0.29, 0.717) is 5.96 Å². The van der Waals surface area contributed by atoms with Gasteiger partial charge in [-0.05, 0) is 0 Å². The smallest absolute Gasteiger partial charge is 0.243 e. The van der Waals surface area contributed by atoms with E-state index in [1.165, 1.54) is 0 Å². The van der Waals surface area contributed by atoms with Crippen molar-refractivity contribution in [1.82, 2.24) is 20.4 Å². The van der Waals surface area contributed by atoms with Gasteiger partial charge in [-0.15, -0.1) is 30.6 Å². The molecule has 0 aromatic rings. The van der Waals surface area contributed by atoms with Gasteiger partial charge in [0.2, 0.25) is 5.91 Å². The third-order valence-corrected chi connectivity index (χ3v) is 4.43. The Morgan fingerprint density at radius 3 is 2.64 bits per heavy atom. The normalized spacial score (nSPS) is 15.2. The number of morpholine rings is 1. The molecule has 1 rings (SSSR count). The van der Waals surface area contributed by atoms with Gasteiger partial charge in [0.1, 0.15) is 6.54 Å². The van der Waals surface area contributed by atoms with Crippen LogP contribution in [0.2, 0.25) is 0 Å². The number of guanidine groups is 1. The summed E-state index contributed by atoms with van der Waals surface area (Å²) in [5, 5.41) is 6.59. The minimum Gasteiger partial charge on any atom is -0.379 e. The first-order chi connectivity index (χ1) is 11.6. The van der Waals surface area contributed by atoms with Crippen molar-refractivity contribution < 1.29 is 9.53 Å². The van der Waals surface area contributed by atoms with E-state index in [4.69, 9.17) is 4.74 Å². The Morgan fingerprint density at radius 1 is 1.32 bits per heavy atom. The number of carbonyl (C=O) groups is 1. The molecule has 1 aliphatic rings. The number of ether oxygens (including phenoxy) is 1. The minimum atomic E-state index is -0.00897. The van der Waals surface area contributed by atoms with Crippen LogP contribution in [0.5, 0.6) is 0 Å². The van der Waals surface area contributed by atoms with Crippen LogP contribution in [0.25, 0.3) is 0 Å². The number of rotatable bonds is 10. The molecule has 1 aliphatic heterocycles. The molecule has 0 radical (unpaired) electrons.